The second-order valence-electron chi connectivity index (χ2n) is 4.73. The molecule has 0 saturated carbocycles. The van der Waals surface area contributed by atoms with Gasteiger partial charge in [0.1, 0.15) is 10.7 Å². The van der Waals surface area contributed by atoms with E-state index in [-0.39, 0.29) is 5.91 Å². The first kappa shape index (κ1) is 15.2. The lowest BCUT2D eigenvalue weighted by atomic mass is 10.1. The molecule has 0 aliphatic heterocycles. The van der Waals surface area contributed by atoms with Gasteiger partial charge in [0.2, 0.25) is 0 Å². The third-order valence-corrected chi connectivity index (χ3v) is 3.36. The fourth-order valence-corrected chi connectivity index (χ4v) is 2.17. The molecule has 0 unspecified atom stereocenters. The van der Waals surface area contributed by atoms with Crippen molar-refractivity contribution < 1.29 is 4.79 Å². The van der Waals surface area contributed by atoms with E-state index in [2.05, 4.69) is 10.4 Å². The number of rotatable bonds is 5. The number of benzene rings is 1. The summed E-state index contributed by atoms with van der Waals surface area (Å²) in [7, 11) is 0. The van der Waals surface area contributed by atoms with Gasteiger partial charge in [-0.1, -0.05) is 36.5 Å². The molecule has 0 saturated heterocycles. The number of aromatic nitrogens is 2. The first-order valence-corrected chi connectivity index (χ1v) is 7.13. The third-order valence-electron chi connectivity index (χ3n) is 3.13. The van der Waals surface area contributed by atoms with Crippen LogP contribution in [0.25, 0.3) is 0 Å². The fourth-order valence-electron chi connectivity index (χ4n) is 2.03. The molecular formula is C15H18N4OS. The van der Waals surface area contributed by atoms with Crippen LogP contribution in [0.1, 0.15) is 34.2 Å². The van der Waals surface area contributed by atoms with Gasteiger partial charge < -0.3 is 11.1 Å². The van der Waals surface area contributed by atoms with E-state index in [0.29, 0.717) is 23.8 Å². The summed E-state index contributed by atoms with van der Waals surface area (Å²) in [6.07, 6.45) is 0. The molecule has 2 rings (SSSR count). The summed E-state index contributed by atoms with van der Waals surface area (Å²) in [5, 5.41) is 7.15. The first-order valence-electron chi connectivity index (χ1n) is 6.72. The van der Waals surface area contributed by atoms with Crippen LogP contribution >= 0.6 is 12.2 Å². The molecule has 0 bridgehead atoms. The molecule has 0 spiro atoms. The van der Waals surface area contributed by atoms with Gasteiger partial charge in [0.25, 0.3) is 5.91 Å². The Morgan fingerprint density at radius 2 is 2.05 bits per heavy atom. The predicted octanol–water partition coefficient (Wildman–Crippen LogP) is 1.78. The van der Waals surface area contributed by atoms with E-state index in [9.17, 15) is 4.79 Å². The summed E-state index contributed by atoms with van der Waals surface area (Å²) >= 11 is 4.90. The molecule has 0 radical (unpaired) electrons. The van der Waals surface area contributed by atoms with Gasteiger partial charge in [0, 0.05) is 18.7 Å². The molecule has 110 valence electrons. The Labute approximate surface area is 129 Å². The quantitative estimate of drug-likeness (QED) is 0.826. The number of nitrogens with zero attached hydrogens (tertiary/aromatic N) is 2. The molecule has 0 aliphatic rings. The van der Waals surface area contributed by atoms with E-state index >= 15 is 0 Å². The van der Waals surface area contributed by atoms with Gasteiger partial charge in [-0.15, -0.1) is 0 Å². The molecule has 1 heterocycles. The van der Waals surface area contributed by atoms with Crippen LogP contribution in [0.2, 0.25) is 0 Å². The van der Waals surface area contributed by atoms with Crippen LogP contribution in [-0.4, -0.2) is 20.7 Å². The molecule has 5 nitrogen and oxygen atoms in total. The largest absolute Gasteiger partial charge is 0.389 e. The van der Waals surface area contributed by atoms with Crippen molar-refractivity contribution in [3.8, 4) is 0 Å². The number of nitrogens with one attached hydrogen (secondary N) is 1. The molecule has 1 aromatic heterocycles. The number of thiocarbonyl (C=S) groups is 1. The fraction of sp³-hybridized carbons (Fsp3) is 0.267. The second-order valence-corrected chi connectivity index (χ2v) is 5.17. The van der Waals surface area contributed by atoms with Crippen LogP contribution in [-0.2, 0) is 13.1 Å². The van der Waals surface area contributed by atoms with Crippen LogP contribution in [0.5, 0.6) is 0 Å². The van der Waals surface area contributed by atoms with Crippen molar-refractivity contribution in [2.45, 2.75) is 26.9 Å². The highest BCUT2D eigenvalue weighted by atomic mass is 32.1. The van der Waals surface area contributed by atoms with Crippen molar-refractivity contribution in [2.75, 3.05) is 0 Å². The lowest BCUT2D eigenvalue weighted by Gasteiger charge is -2.07. The van der Waals surface area contributed by atoms with Gasteiger partial charge in [-0.05, 0) is 25.5 Å². The molecule has 1 amide bonds. The number of amides is 1. The number of carbonyl (C=O) groups is 1. The minimum atomic E-state index is -0.129. The Bertz CT molecular complexity index is 661. The lowest BCUT2D eigenvalue weighted by Crippen LogP contribution is -2.25. The molecule has 6 heteroatoms. The summed E-state index contributed by atoms with van der Waals surface area (Å²) in [6, 6.07) is 9.29. The predicted molar refractivity (Wildman–Crippen MR) is 86.1 cm³/mol. The number of hydrogen-bond acceptors (Lipinski definition) is 3. The topological polar surface area (TPSA) is 72.9 Å². The highest BCUT2D eigenvalue weighted by Crippen LogP contribution is 2.06. The van der Waals surface area contributed by atoms with Gasteiger partial charge in [-0.2, -0.15) is 5.10 Å². The Morgan fingerprint density at radius 3 is 2.62 bits per heavy atom. The number of hydrogen-bond donors (Lipinski definition) is 2. The zero-order valence-corrected chi connectivity index (χ0v) is 12.9. The maximum Gasteiger partial charge on any atom is 0.269 e. The van der Waals surface area contributed by atoms with E-state index in [1.54, 1.807) is 10.7 Å². The molecule has 0 atom stereocenters. The van der Waals surface area contributed by atoms with Gasteiger partial charge in [0.05, 0.1) is 5.69 Å². The average molecular weight is 302 g/mol. The Hall–Kier alpha value is -2.21. The van der Waals surface area contributed by atoms with Crippen molar-refractivity contribution in [1.29, 1.82) is 0 Å². The van der Waals surface area contributed by atoms with Crippen molar-refractivity contribution in [1.82, 2.24) is 15.1 Å². The Morgan fingerprint density at radius 1 is 1.38 bits per heavy atom. The SMILES string of the molecule is CCn1nc(C)cc1C(=O)NCc1ccc(C(N)=S)cc1. The molecule has 0 aliphatic carbocycles. The average Bonchev–Trinajstić information content (AvgIpc) is 2.86. The first-order chi connectivity index (χ1) is 10.0. The smallest absolute Gasteiger partial charge is 0.269 e. The van der Waals surface area contributed by atoms with Gasteiger partial charge in [-0.25, -0.2) is 0 Å². The maximum absolute atomic E-state index is 12.2. The normalized spacial score (nSPS) is 10.4. The van der Waals surface area contributed by atoms with Crippen LogP contribution in [0, 0.1) is 6.92 Å². The number of aryl methyl sites for hydroxylation is 2. The van der Waals surface area contributed by atoms with E-state index in [1.165, 1.54) is 0 Å². The zero-order chi connectivity index (χ0) is 15.4. The maximum atomic E-state index is 12.2. The number of nitrogens with two attached hydrogens (primary N) is 1. The zero-order valence-electron chi connectivity index (χ0n) is 12.1. The molecule has 0 fully saturated rings. The highest BCUT2D eigenvalue weighted by Gasteiger charge is 2.12. The molecule has 1 aromatic carbocycles. The Balaban J connectivity index is 2.02. The van der Waals surface area contributed by atoms with E-state index in [4.69, 9.17) is 18.0 Å². The van der Waals surface area contributed by atoms with Gasteiger partial charge >= 0.3 is 0 Å². The molecule has 3 N–H and O–H groups in total. The van der Waals surface area contributed by atoms with Crippen LogP contribution in [0.4, 0.5) is 0 Å². The molecule has 2 aromatic rings. The summed E-state index contributed by atoms with van der Waals surface area (Å²) < 4.78 is 1.70. The summed E-state index contributed by atoms with van der Waals surface area (Å²) in [5.41, 5.74) is 8.77. The van der Waals surface area contributed by atoms with Crippen molar-refractivity contribution in [3.05, 3.63) is 52.8 Å². The van der Waals surface area contributed by atoms with E-state index in [1.807, 2.05) is 38.1 Å². The summed E-state index contributed by atoms with van der Waals surface area (Å²) in [6.45, 7) is 4.94. The highest BCUT2D eigenvalue weighted by molar-refractivity contribution is 7.80. The van der Waals surface area contributed by atoms with Crippen LogP contribution in [0.3, 0.4) is 0 Å². The summed E-state index contributed by atoms with van der Waals surface area (Å²) in [4.78, 5) is 12.5. The summed E-state index contributed by atoms with van der Waals surface area (Å²) in [5.74, 6) is -0.129. The monoisotopic (exact) mass is 302 g/mol. The van der Waals surface area contributed by atoms with Crippen molar-refractivity contribution in [2.24, 2.45) is 5.73 Å². The third kappa shape index (κ3) is 3.66. The minimum absolute atomic E-state index is 0.129. The molecular weight excluding hydrogens is 284 g/mol. The Kier molecular flexibility index (Phi) is 4.70. The van der Waals surface area contributed by atoms with Crippen molar-refractivity contribution in [3.63, 3.8) is 0 Å². The van der Waals surface area contributed by atoms with Gasteiger partial charge in [-0.3, -0.25) is 9.48 Å². The standard InChI is InChI=1S/C15H18N4OS/c1-3-19-13(8-10(2)18-19)15(20)17-9-11-4-6-12(7-5-11)14(16)21/h4-8H,3,9H2,1-2H3,(H2,16,21)(H,17,20). The van der Waals surface area contributed by atoms with E-state index in [0.717, 1.165) is 16.8 Å². The molecule has 21 heavy (non-hydrogen) atoms. The lowest BCUT2D eigenvalue weighted by molar-refractivity contribution is 0.0940. The van der Waals surface area contributed by atoms with Crippen LogP contribution in [0.15, 0.2) is 30.3 Å². The second kappa shape index (κ2) is 6.49. The minimum Gasteiger partial charge on any atom is -0.389 e. The number of carbonyl (C=O) groups excluding carboxylic acids is 1. The van der Waals surface area contributed by atoms with Crippen LogP contribution < -0.4 is 11.1 Å². The van der Waals surface area contributed by atoms with E-state index < -0.39 is 0 Å². The van der Waals surface area contributed by atoms with Crippen molar-refractivity contribution >= 4 is 23.1 Å². The van der Waals surface area contributed by atoms with Gasteiger partial charge in [0.15, 0.2) is 0 Å².